The Morgan fingerprint density at radius 1 is 1.07 bits per heavy atom. The van der Waals surface area contributed by atoms with Crippen LogP contribution in [-0.2, 0) is 11.2 Å². The van der Waals surface area contributed by atoms with Crippen molar-refractivity contribution in [3.05, 3.63) is 59.4 Å². The predicted molar refractivity (Wildman–Crippen MR) is 104 cm³/mol. The van der Waals surface area contributed by atoms with Crippen LogP contribution in [-0.4, -0.2) is 24.5 Å². The van der Waals surface area contributed by atoms with E-state index in [1.165, 1.54) is 25.0 Å². The van der Waals surface area contributed by atoms with Crippen LogP contribution in [0.2, 0.25) is 0 Å². The molecule has 1 aliphatic heterocycles. The van der Waals surface area contributed by atoms with E-state index in [9.17, 15) is 14.0 Å². The van der Waals surface area contributed by atoms with Gasteiger partial charge in [0.25, 0.3) is 5.91 Å². The minimum Gasteiger partial charge on any atom is -0.492 e. The summed E-state index contributed by atoms with van der Waals surface area (Å²) in [6, 6.07) is 11.4. The molecular weight excluding hydrogens is 359 g/mol. The normalized spacial score (nSPS) is 18.8. The average molecular weight is 382 g/mol. The summed E-state index contributed by atoms with van der Waals surface area (Å²) in [5.74, 6) is -0.576. The Hall–Kier alpha value is -2.89. The molecule has 0 aromatic heterocycles. The number of rotatable bonds is 4. The van der Waals surface area contributed by atoms with E-state index in [1.54, 1.807) is 30.3 Å². The third-order valence-electron chi connectivity index (χ3n) is 5.42. The van der Waals surface area contributed by atoms with Gasteiger partial charge in [-0.25, -0.2) is 4.39 Å². The number of carbonyl (C=O) groups excluding carboxylic acids is 2. The second-order valence-corrected chi connectivity index (χ2v) is 7.46. The zero-order chi connectivity index (χ0) is 19.5. The van der Waals surface area contributed by atoms with E-state index in [4.69, 9.17) is 4.74 Å². The van der Waals surface area contributed by atoms with Crippen LogP contribution in [0.3, 0.4) is 0 Å². The van der Waals surface area contributed by atoms with Crippen molar-refractivity contribution in [1.82, 2.24) is 5.32 Å². The van der Waals surface area contributed by atoms with Crippen molar-refractivity contribution in [2.45, 2.75) is 38.1 Å². The summed E-state index contributed by atoms with van der Waals surface area (Å²) >= 11 is 0. The van der Waals surface area contributed by atoms with Crippen molar-refractivity contribution < 1.29 is 18.7 Å². The van der Waals surface area contributed by atoms with Crippen molar-refractivity contribution in [2.24, 2.45) is 5.92 Å². The molecule has 2 amide bonds. The molecule has 2 N–H and O–H groups in total. The number of fused-ring (bicyclic) bond motifs is 1. The van der Waals surface area contributed by atoms with E-state index in [2.05, 4.69) is 10.6 Å². The highest BCUT2D eigenvalue weighted by Gasteiger charge is 2.28. The fourth-order valence-electron chi connectivity index (χ4n) is 3.87. The Labute approximate surface area is 163 Å². The second-order valence-electron chi connectivity index (χ2n) is 7.46. The Kier molecular flexibility index (Phi) is 5.28. The van der Waals surface area contributed by atoms with Gasteiger partial charge in [-0.15, -0.1) is 0 Å². The number of anilines is 1. The third-order valence-corrected chi connectivity index (χ3v) is 5.42. The topological polar surface area (TPSA) is 67.4 Å². The number of ether oxygens (including phenoxy) is 1. The quantitative estimate of drug-likeness (QED) is 0.848. The Bertz CT molecular complexity index is 893. The zero-order valence-corrected chi connectivity index (χ0v) is 15.5. The second kappa shape index (κ2) is 8.00. The monoisotopic (exact) mass is 382 g/mol. The smallest absolute Gasteiger partial charge is 0.258 e. The molecule has 0 bridgehead atoms. The van der Waals surface area contributed by atoms with Crippen LogP contribution in [0.25, 0.3) is 0 Å². The maximum atomic E-state index is 13.8. The summed E-state index contributed by atoms with van der Waals surface area (Å²) in [5.41, 5.74) is 1.40. The first-order chi connectivity index (χ1) is 13.6. The molecular formula is C22H23FN2O3. The molecule has 1 saturated carbocycles. The molecule has 1 atom stereocenters. The zero-order valence-electron chi connectivity index (χ0n) is 15.5. The fourth-order valence-corrected chi connectivity index (χ4v) is 3.87. The molecule has 5 nitrogen and oxygen atoms in total. The Morgan fingerprint density at radius 2 is 1.86 bits per heavy atom. The first-order valence-electron chi connectivity index (χ1n) is 9.72. The first kappa shape index (κ1) is 18.5. The Balaban J connectivity index is 1.44. The molecule has 2 aliphatic rings. The van der Waals surface area contributed by atoms with Gasteiger partial charge in [0.05, 0.1) is 11.5 Å². The van der Waals surface area contributed by atoms with E-state index in [0.29, 0.717) is 24.5 Å². The molecule has 1 heterocycles. The van der Waals surface area contributed by atoms with Crippen LogP contribution in [0, 0.1) is 11.7 Å². The van der Waals surface area contributed by atoms with Gasteiger partial charge in [0.1, 0.15) is 18.2 Å². The van der Waals surface area contributed by atoms with E-state index < -0.39 is 11.7 Å². The molecule has 0 radical (unpaired) electrons. The van der Waals surface area contributed by atoms with Crippen LogP contribution in [0.15, 0.2) is 42.5 Å². The molecule has 4 rings (SSSR count). The number of benzene rings is 2. The lowest BCUT2D eigenvalue weighted by Gasteiger charge is -2.26. The summed E-state index contributed by atoms with van der Waals surface area (Å²) in [7, 11) is 0. The lowest BCUT2D eigenvalue weighted by atomic mass is 9.95. The first-order valence-corrected chi connectivity index (χ1v) is 9.72. The van der Waals surface area contributed by atoms with E-state index in [1.807, 2.05) is 0 Å². The van der Waals surface area contributed by atoms with Crippen LogP contribution in [0.5, 0.6) is 5.75 Å². The minimum absolute atomic E-state index is 0.00899. The summed E-state index contributed by atoms with van der Waals surface area (Å²) < 4.78 is 19.5. The maximum Gasteiger partial charge on any atom is 0.258 e. The van der Waals surface area contributed by atoms with E-state index >= 15 is 0 Å². The third kappa shape index (κ3) is 4.01. The van der Waals surface area contributed by atoms with E-state index in [-0.39, 0.29) is 23.4 Å². The number of hydrogen-bond donors (Lipinski definition) is 2. The molecule has 28 heavy (non-hydrogen) atoms. The molecule has 0 spiro atoms. The molecule has 1 fully saturated rings. The van der Waals surface area contributed by atoms with Gasteiger partial charge < -0.3 is 15.4 Å². The van der Waals surface area contributed by atoms with Crippen LogP contribution < -0.4 is 15.4 Å². The molecule has 146 valence electrons. The molecule has 1 aliphatic carbocycles. The lowest BCUT2D eigenvalue weighted by Crippen LogP contribution is -2.41. The predicted octanol–water partition coefficient (Wildman–Crippen LogP) is 3.69. The van der Waals surface area contributed by atoms with Gasteiger partial charge in [0.15, 0.2) is 0 Å². The summed E-state index contributed by atoms with van der Waals surface area (Å²) in [5, 5.41) is 5.84. The largest absolute Gasteiger partial charge is 0.492 e. The highest BCUT2D eigenvalue weighted by molar-refractivity contribution is 6.04. The van der Waals surface area contributed by atoms with Crippen LogP contribution in [0.1, 0.15) is 41.6 Å². The average Bonchev–Trinajstić information content (AvgIpc) is 3.20. The molecule has 0 saturated heterocycles. The van der Waals surface area contributed by atoms with Crippen molar-refractivity contribution in [2.75, 3.05) is 11.9 Å². The van der Waals surface area contributed by atoms with Gasteiger partial charge in [-0.1, -0.05) is 25.0 Å². The van der Waals surface area contributed by atoms with Gasteiger partial charge in [-0.2, -0.15) is 0 Å². The molecule has 2 aromatic rings. The minimum atomic E-state index is -0.565. The number of amides is 2. The van der Waals surface area contributed by atoms with Crippen LogP contribution in [0.4, 0.5) is 10.1 Å². The molecule has 6 heteroatoms. The highest BCUT2D eigenvalue weighted by Crippen LogP contribution is 2.30. The Morgan fingerprint density at radius 3 is 2.64 bits per heavy atom. The van der Waals surface area contributed by atoms with Crippen LogP contribution >= 0.6 is 0 Å². The standard InChI is InChI=1S/C22H23FN2O3/c23-19-8-4-3-7-18(19)22(27)25-17-9-10-20-14(12-17)11-15(13-28-20)21(26)24-16-5-1-2-6-16/h3-4,7-10,12,15-16H,1-2,5-6,11,13H2,(H,24,26)(H,25,27)/t15-/m1/s1. The van der Waals surface area contributed by atoms with Crippen molar-refractivity contribution in [3.63, 3.8) is 0 Å². The molecule has 0 unspecified atom stereocenters. The maximum absolute atomic E-state index is 13.8. The number of hydrogen-bond acceptors (Lipinski definition) is 3. The SMILES string of the molecule is O=C(Nc1ccc2c(c1)C[C@@H](C(=O)NC1CCCC1)CO2)c1ccccc1F. The van der Waals surface area contributed by atoms with Crippen molar-refractivity contribution in [3.8, 4) is 5.75 Å². The fraction of sp³-hybridized carbons (Fsp3) is 0.364. The van der Waals surface area contributed by atoms with Gasteiger partial charge >= 0.3 is 0 Å². The van der Waals surface area contributed by atoms with Crippen molar-refractivity contribution >= 4 is 17.5 Å². The summed E-state index contributed by atoms with van der Waals surface area (Å²) in [4.78, 5) is 24.9. The van der Waals surface area contributed by atoms with Gasteiger partial charge in [0.2, 0.25) is 5.91 Å². The molecule has 2 aromatic carbocycles. The lowest BCUT2D eigenvalue weighted by molar-refractivity contribution is -0.127. The van der Waals surface area contributed by atoms with Crippen molar-refractivity contribution in [1.29, 1.82) is 0 Å². The summed E-state index contributed by atoms with van der Waals surface area (Å²) in [6.45, 7) is 0.354. The number of halogens is 1. The highest BCUT2D eigenvalue weighted by atomic mass is 19.1. The number of nitrogens with one attached hydrogen (secondary N) is 2. The van der Waals surface area contributed by atoms with Gasteiger partial charge in [-0.3, -0.25) is 9.59 Å². The number of carbonyl (C=O) groups is 2. The van der Waals surface area contributed by atoms with E-state index in [0.717, 1.165) is 18.4 Å². The van der Waals surface area contributed by atoms with Gasteiger partial charge in [-0.05, 0) is 55.2 Å². The summed E-state index contributed by atoms with van der Waals surface area (Å²) in [6.07, 6.45) is 4.97. The van der Waals surface area contributed by atoms with Gasteiger partial charge in [0, 0.05) is 11.7 Å².